The summed E-state index contributed by atoms with van der Waals surface area (Å²) in [6.45, 7) is 5.33. The molecule has 1 heterocycles. The number of hydrogen-bond donors (Lipinski definition) is 1. The van der Waals surface area contributed by atoms with E-state index < -0.39 is 0 Å². The lowest BCUT2D eigenvalue weighted by molar-refractivity contribution is 0.0970. The number of piperidine rings is 1. The average Bonchev–Trinajstić information content (AvgIpc) is 2.32. The summed E-state index contributed by atoms with van der Waals surface area (Å²) >= 11 is 3.53. The van der Waals surface area contributed by atoms with Crippen molar-refractivity contribution in [2.75, 3.05) is 18.0 Å². The van der Waals surface area contributed by atoms with E-state index in [0.717, 1.165) is 35.2 Å². The van der Waals surface area contributed by atoms with E-state index in [-0.39, 0.29) is 17.8 Å². The van der Waals surface area contributed by atoms with Crippen molar-refractivity contribution in [2.45, 2.75) is 26.4 Å². The minimum absolute atomic E-state index is 0.0738. The number of halogens is 1. The Morgan fingerprint density at radius 1 is 1.50 bits per heavy atom. The maximum absolute atomic E-state index is 11.3. The zero-order valence-electron chi connectivity index (χ0n) is 10.7. The lowest BCUT2D eigenvalue weighted by atomic mass is 9.96. The number of ketones is 1. The lowest BCUT2D eigenvalue weighted by Gasteiger charge is -2.36. The maximum Gasteiger partial charge on any atom is 0.159 e. The van der Waals surface area contributed by atoms with Crippen LogP contribution in [0.15, 0.2) is 22.7 Å². The molecule has 0 aromatic heterocycles. The molecule has 2 atom stereocenters. The summed E-state index contributed by atoms with van der Waals surface area (Å²) in [7, 11) is 0. The molecule has 2 unspecified atom stereocenters. The molecule has 2 rings (SSSR count). The number of carbonyl (C=O) groups is 1. The van der Waals surface area contributed by atoms with E-state index in [1.165, 1.54) is 0 Å². The fraction of sp³-hybridized carbons (Fsp3) is 0.500. The van der Waals surface area contributed by atoms with Crippen LogP contribution in [-0.2, 0) is 0 Å². The number of nitrogens with zero attached hydrogens (tertiary/aromatic N) is 1. The van der Waals surface area contributed by atoms with E-state index in [1.54, 1.807) is 6.92 Å². The Labute approximate surface area is 116 Å². The summed E-state index contributed by atoms with van der Waals surface area (Å²) in [5.41, 5.74) is 1.81. The molecule has 0 aliphatic carbocycles. The second-order valence-corrected chi connectivity index (χ2v) is 5.86. The summed E-state index contributed by atoms with van der Waals surface area (Å²) < 4.78 is 0.943. The zero-order chi connectivity index (χ0) is 13.3. The Morgan fingerprint density at radius 2 is 2.22 bits per heavy atom. The standard InChI is InChI=1S/C14H18BrNO2/c1-9-8-16(6-5-14(9)18)13-4-3-11(10(2)17)7-12(13)15/h3-4,7,9,14,18H,5-6,8H2,1-2H3. The fourth-order valence-corrected chi connectivity index (χ4v) is 2.96. The molecule has 1 N–H and O–H groups in total. The van der Waals surface area contributed by atoms with Crippen LogP contribution in [0.25, 0.3) is 0 Å². The Balaban J connectivity index is 2.21. The van der Waals surface area contributed by atoms with Crippen molar-refractivity contribution < 1.29 is 9.90 Å². The molecule has 98 valence electrons. The van der Waals surface area contributed by atoms with E-state index in [4.69, 9.17) is 0 Å². The molecule has 18 heavy (non-hydrogen) atoms. The van der Waals surface area contributed by atoms with Gasteiger partial charge in [-0.1, -0.05) is 6.92 Å². The molecule has 1 aliphatic heterocycles. The molecule has 0 amide bonds. The van der Waals surface area contributed by atoms with Crippen molar-refractivity contribution in [3.63, 3.8) is 0 Å². The number of rotatable bonds is 2. The minimum atomic E-state index is -0.198. The van der Waals surface area contributed by atoms with Crippen LogP contribution in [0.5, 0.6) is 0 Å². The van der Waals surface area contributed by atoms with Crippen LogP contribution in [0.4, 0.5) is 5.69 Å². The van der Waals surface area contributed by atoms with E-state index in [9.17, 15) is 9.90 Å². The first kappa shape index (κ1) is 13.6. The maximum atomic E-state index is 11.3. The van der Waals surface area contributed by atoms with Crippen LogP contribution in [-0.4, -0.2) is 30.1 Å². The fourth-order valence-electron chi connectivity index (χ4n) is 2.33. The molecule has 4 heteroatoms. The molecule has 1 fully saturated rings. The highest BCUT2D eigenvalue weighted by Crippen LogP contribution is 2.31. The van der Waals surface area contributed by atoms with Crippen molar-refractivity contribution in [2.24, 2.45) is 5.92 Å². The summed E-state index contributed by atoms with van der Waals surface area (Å²) in [6.07, 6.45) is 0.596. The summed E-state index contributed by atoms with van der Waals surface area (Å²) in [6, 6.07) is 5.71. The van der Waals surface area contributed by atoms with Gasteiger partial charge in [0, 0.05) is 23.1 Å². The predicted octanol–water partition coefficient (Wildman–Crippen LogP) is 2.86. The Hall–Kier alpha value is -0.870. The smallest absolute Gasteiger partial charge is 0.159 e. The van der Waals surface area contributed by atoms with E-state index in [1.807, 2.05) is 18.2 Å². The minimum Gasteiger partial charge on any atom is -0.393 e. The first-order valence-electron chi connectivity index (χ1n) is 6.22. The van der Waals surface area contributed by atoms with Gasteiger partial charge in [-0.15, -0.1) is 0 Å². The Bertz CT molecular complexity index is 461. The lowest BCUT2D eigenvalue weighted by Crippen LogP contribution is -2.42. The SMILES string of the molecule is CC(=O)c1ccc(N2CCC(O)C(C)C2)c(Br)c1. The highest BCUT2D eigenvalue weighted by molar-refractivity contribution is 9.10. The molecule has 0 radical (unpaired) electrons. The summed E-state index contributed by atoms with van der Waals surface area (Å²) in [5.74, 6) is 0.350. The number of aliphatic hydroxyl groups is 1. The zero-order valence-corrected chi connectivity index (χ0v) is 12.3. The van der Waals surface area contributed by atoms with Gasteiger partial charge in [0.1, 0.15) is 0 Å². The number of Topliss-reactive ketones (excluding diaryl/α,β-unsaturated/α-hetero) is 1. The van der Waals surface area contributed by atoms with Gasteiger partial charge in [0.15, 0.2) is 5.78 Å². The van der Waals surface area contributed by atoms with E-state index in [2.05, 4.69) is 27.8 Å². The van der Waals surface area contributed by atoms with Gasteiger partial charge < -0.3 is 10.0 Å². The van der Waals surface area contributed by atoms with Crippen molar-refractivity contribution in [1.29, 1.82) is 0 Å². The van der Waals surface area contributed by atoms with Crippen molar-refractivity contribution in [3.8, 4) is 0 Å². The molecule has 1 aliphatic rings. The van der Waals surface area contributed by atoms with E-state index >= 15 is 0 Å². The van der Waals surface area contributed by atoms with Crippen molar-refractivity contribution >= 4 is 27.4 Å². The molecular weight excluding hydrogens is 294 g/mol. The van der Waals surface area contributed by atoms with Gasteiger partial charge in [-0.05, 0) is 53.4 Å². The molecule has 3 nitrogen and oxygen atoms in total. The van der Waals surface area contributed by atoms with Crippen molar-refractivity contribution in [3.05, 3.63) is 28.2 Å². The Kier molecular flexibility index (Phi) is 4.07. The first-order chi connectivity index (χ1) is 8.49. The van der Waals surface area contributed by atoms with Gasteiger partial charge in [0.05, 0.1) is 11.8 Å². The van der Waals surface area contributed by atoms with Gasteiger partial charge in [0.25, 0.3) is 0 Å². The molecular formula is C14H18BrNO2. The van der Waals surface area contributed by atoms with Crippen LogP contribution in [0.2, 0.25) is 0 Å². The highest BCUT2D eigenvalue weighted by atomic mass is 79.9. The van der Waals surface area contributed by atoms with Gasteiger partial charge in [0.2, 0.25) is 0 Å². The van der Waals surface area contributed by atoms with Crippen LogP contribution in [0.1, 0.15) is 30.6 Å². The molecule has 0 bridgehead atoms. The number of carbonyl (C=O) groups excluding carboxylic acids is 1. The van der Waals surface area contributed by atoms with Crippen LogP contribution < -0.4 is 4.90 Å². The normalized spacial score (nSPS) is 24.1. The van der Waals surface area contributed by atoms with Gasteiger partial charge in [-0.3, -0.25) is 4.79 Å². The quantitative estimate of drug-likeness (QED) is 0.854. The number of aliphatic hydroxyl groups excluding tert-OH is 1. The summed E-state index contributed by atoms with van der Waals surface area (Å²) in [5, 5.41) is 9.75. The second-order valence-electron chi connectivity index (χ2n) is 5.00. The largest absolute Gasteiger partial charge is 0.393 e. The first-order valence-corrected chi connectivity index (χ1v) is 7.02. The van der Waals surface area contributed by atoms with Crippen LogP contribution in [0, 0.1) is 5.92 Å². The van der Waals surface area contributed by atoms with E-state index in [0.29, 0.717) is 0 Å². The molecule has 0 spiro atoms. The second kappa shape index (κ2) is 5.41. The number of hydrogen-bond acceptors (Lipinski definition) is 3. The third-order valence-corrected chi connectivity index (χ3v) is 4.19. The topological polar surface area (TPSA) is 40.5 Å². The third kappa shape index (κ3) is 2.75. The average molecular weight is 312 g/mol. The number of benzene rings is 1. The van der Waals surface area contributed by atoms with Gasteiger partial charge >= 0.3 is 0 Å². The monoisotopic (exact) mass is 311 g/mol. The third-order valence-electron chi connectivity index (χ3n) is 3.55. The van der Waals surface area contributed by atoms with Crippen LogP contribution in [0.3, 0.4) is 0 Å². The molecule has 1 aromatic carbocycles. The number of anilines is 1. The predicted molar refractivity (Wildman–Crippen MR) is 76.1 cm³/mol. The summed E-state index contributed by atoms with van der Waals surface area (Å²) in [4.78, 5) is 13.6. The van der Waals surface area contributed by atoms with Gasteiger partial charge in [-0.2, -0.15) is 0 Å². The molecule has 0 saturated carbocycles. The van der Waals surface area contributed by atoms with Crippen molar-refractivity contribution in [1.82, 2.24) is 0 Å². The van der Waals surface area contributed by atoms with Crippen LogP contribution >= 0.6 is 15.9 Å². The van der Waals surface area contributed by atoms with Gasteiger partial charge in [-0.25, -0.2) is 0 Å². The molecule has 1 saturated heterocycles. The molecule has 1 aromatic rings. The Morgan fingerprint density at radius 3 is 2.78 bits per heavy atom. The highest BCUT2D eigenvalue weighted by Gasteiger charge is 2.25.